The summed E-state index contributed by atoms with van der Waals surface area (Å²) in [6.07, 6.45) is -3.33. The molecule has 0 fully saturated rings. The van der Waals surface area contributed by atoms with Crippen LogP contribution < -0.4 is 5.73 Å². The molecule has 0 aliphatic carbocycles. The maximum absolute atomic E-state index is 13.1. The quantitative estimate of drug-likeness (QED) is 0.873. The molecule has 2 rings (SSSR count). The minimum Gasteiger partial charge on any atom is -0.330 e. The first kappa shape index (κ1) is 13.5. The smallest absolute Gasteiger partial charge is 0.330 e. The molecule has 1 aromatic carbocycles. The largest absolute Gasteiger partial charge is 0.433 e. The van der Waals surface area contributed by atoms with Gasteiger partial charge in [0.05, 0.1) is 11.9 Å². The van der Waals surface area contributed by atoms with E-state index in [1.165, 1.54) is 12.1 Å². The van der Waals surface area contributed by atoms with Crippen molar-refractivity contribution in [2.45, 2.75) is 12.6 Å². The summed E-state index contributed by atoms with van der Waals surface area (Å²) in [6.45, 7) is 0.0954. The molecule has 0 saturated heterocycles. The van der Waals surface area contributed by atoms with Gasteiger partial charge in [0.15, 0.2) is 5.69 Å². The number of benzene rings is 1. The van der Waals surface area contributed by atoms with Crippen molar-refractivity contribution < 1.29 is 17.6 Å². The van der Waals surface area contributed by atoms with E-state index in [9.17, 15) is 17.6 Å². The number of aromatic nitrogens is 2. The van der Waals surface area contributed by atoms with Crippen molar-refractivity contribution in [2.24, 2.45) is 5.73 Å². The fraction of sp³-hybridized carbons (Fsp3) is 0.250. The first-order valence-electron chi connectivity index (χ1n) is 5.53. The molecule has 2 N–H and O–H groups in total. The van der Waals surface area contributed by atoms with Gasteiger partial charge in [0.2, 0.25) is 0 Å². The van der Waals surface area contributed by atoms with Crippen LogP contribution in [0.1, 0.15) is 11.3 Å². The first-order valence-corrected chi connectivity index (χ1v) is 5.53. The summed E-state index contributed by atoms with van der Waals surface area (Å²) in [5.41, 5.74) is 4.59. The van der Waals surface area contributed by atoms with Crippen LogP contribution in [-0.2, 0) is 12.6 Å². The number of halogens is 4. The van der Waals surface area contributed by atoms with Crippen molar-refractivity contribution in [3.8, 4) is 5.69 Å². The molecule has 3 nitrogen and oxygen atoms in total. The Morgan fingerprint density at radius 2 is 1.79 bits per heavy atom. The highest BCUT2D eigenvalue weighted by molar-refractivity contribution is 5.36. The summed E-state index contributed by atoms with van der Waals surface area (Å²) in [4.78, 5) is 0. The third-order valence-corrected chi connectivity index (χ3v) is 2.60. The van der Waals surface area contributed by atoms with Crippen LogP contribution in [0.4, 0.5) is 17.6 Å². The van der Waals surface area contributed by atoms with E-state index in [0.29, 0.717) is 0 Å². The molecule has 0 unspecified atom stereocenters. The molecule has 1 aromatic heterocycles. The van der Waals surface area contributed by atoms with Crippen LogP contribution in [0.5, 0.6) is 0 Å². The standard InChI is InChI=1S/C12H11F4N3/c13-9-1-3-10(4-2-9)19-11(12(14,15)16)8(5-6-17)7-18-19/h1-4,7H,5-6,17H2. The van der Waals surface area contributed by atoms with Gasteiger partial charge in [-0.05, 0) is 37.2 Å². The fourth-order valence-corrected chi connectivity index (χ4v) is 1.80. The van der Waals surface area contributed by atoms with Crippen LogP contribution in [-0.4, -0.2) is 16.3 Å². The maximum Gasteiger partial charge on any atom is 0.433 e. The van der Waals surface area contributed by atoms with E-state index in [0.717, 1.165) is 23.0 Å². The highest BCUT2D eigenvalue weighted by Gasteiger charge is 2.38. The van der Waals surface area contributed by atoms with Crippen molar-refractivity contribution in [2.75, 3.05) is 6.54 Å². The molecular formula is C12H11F4N3. The molecule has 0 aliphatic heterocycles. The van der Waals surface area contributed by atoms with E-state index in [4.69, 9.17) is 5.73 Å². The summed E-state index contributed by atoms with van der Waals surface area (Å²) < 4.78 is 52.7. The van der Waals surface area contributed by atoms with Gasteiger partial charge in [-0.25, -0.2) is 9.07 Å². The predicted octanol–water partition coefficient (Wildman–Crippen LogP) is 2.53. The Morgan fingerprint density at radius 3 is 2.32 bits per heavy atom. The highest BCUT2D eigenvalue weighted by Crippen LogP contribution is 2.33. The zero-order valence-electron chi connectivity index (χ0n) is 9.78. The third kappa shape index (κ3) is 2.76. The summed E-state index contributed by atoms with van der Waals surface area (Å²) in [6, 6.07) is 4.65. The second-order valence-electron chi connectivity index (χ2n) is 3.94. The number of nitrogens with two attached hydrogens (primary N) is 1. The number of hydrogen-bond donors (Lipinski definition) is 1. The highest BCUT2D eigenvalue weighted by atomic mass is 19.4. The van der Waals surface area contributed by atoms with Crippen molar-refractivity contribution in [3.63, 3.8) is 0 Å². The Kier molecular flexibility index (Phi) is 3.57. The molecule has 1 heterocycles. The number of nitrogens with zero attached hydrogens (tertiary/aromatic N) is 2. The number of hydrogen-bond acceptors (Lipinski definition) is 2. The van der Waals surface area contributed by atoms with Crippen molar-refractivity contribution in [3.05, 3.63) is 47.5 Å². The van der Waals surface area contributed by atoms with Crippen LogP contribution in [0, 0.1) is 5.82 Å². The average molecular weight is 273 g/mol. The van der Waals surface area contributed by atoms with E-state index in [1.807, 2.05) is 0 Å². The fourth-order valence-electron chi connectivity index (χ4n) is 1.80. The lowest BCUT2D eigenvalue weighted by Gasteiger charge is -2.12. The summed E-state index contributed by atoms with van der Waals surface area (Å²) in [5, 5.41) is 3.72. The molecule has 0 amide bonds. The van der Waals surface area contributed by atoms with E-state index in [1.54, 1.807) is 0 Å². The molecule has 0 bridgehead atoms. The van der Waals surface area contributed by atoms with Gasteiger partial charge in [0.1, 0.15) is 5.82 Å². The molecule has 0 spiro atoms. The van der Waals surface area contributed by atoms with Gasteiger partial charge in [0.25, 0.3) is 0 Å². The van der Waals surface area contributed by atoms with E-state index >= 15 is 0 Å². The van der Waals surface area contributed by atoms with Gasteiger partial charge in [-0.3, -0.25) is 0 Å². The summed E-state index contributed by atoms with van der Waals surface area (Å²) in [7, 11) is 0. The predicted molar refractivity (Wildman–Crippen MR) is 61.3 cm³/mol. The van der Waals surface area contributed by atoms with Gasteiger partial charge in [-0.2, -0.15) is 18.3 Å². The van der Waals surface area contributed by atoms with E-state index in [2.05, 4.69) is 5.10 Å². The third-order valence-electron chi connectivity index (χ3n) is 2.60. The molecule has 0 radical (unpaired) electrons. The minimum absolute atomic E-state index is 0.0272. The lowest BCUT2D eigenvalue weighted by Crippen LogP contribution is -2.16. The van der Waals surface area contributed by atoms with Gasteiger partial charge in [-0.15, -0.1) is 0 Å². The molecule has 7 heteroatoms. The molecule has 19 heavy (non-hydrogen) atoms. The second-order valence-corrected chi connectivity index (χ2v) is 3.94. The van der Waals surface area contributed by atoms with Crippen molar-refractivity contribution in [1.29, 1.82) is 0 Å². The average Bonchev–Trinajstić information content (AvgIpc) is 2.74. The first-order chi connectivity index (χ1) is 8.93. The monoisotopic (exact) mass is 273 g/mol. The Labute approximate surface area is 106 Å². The molecular weight excluding hydrogens is 262 g/mol. The number of rotatable bonds is 3. The van der Waals surface area contributed by atoms with Gasteiger partial charge in [0, 0.05) is 5.56 Å². The zero-order valence-corrected chi connectivity index (χ0v) is 9.78. The van der Waals surface area contributed by atoms with Gasteiger partial charge in [-0.1, -0.05) is 0 Å². The Morgan fingerprint density at radius 1 is 1.16 bits per heavy atom. The second kappa shape index (κ2) is 5.00. The lowest BCUT2D eigenvalue weighted by atomic mass is 10.1. The number of alkyl halides is 3. The molecule has 0 aliphatic rings. The zero-order chi connectivity index (χ0) is 14.0. The summed E-state index contributed by atoms with van der Waals surface area (Å²) in [5.74, 6) is -0.522. The normalized spacial score (nSPS) is 11.8. The van der Waals surface area contributed by atoms with Crippen LogP contribution in [0.3, 0.4) is 0 Å². The molecule has 0 atom stereocenters. The van der Waals surface area contributed by atoms with Crippen LogP contribution in [0.2, 0.25) is 0 Å². The van der Waals surface area contributed by atoms with Gasteiger partial charge >= 0.3 is 6.18 Å². The van der Waals surface area contributed by atoms with Gasteiger partial charge < -0.3 is 5.73 Å². The van der Waals surface area contributed by atoms with Crippen molar-refractivity contribution >= 4 is 0 Å². The molecule has 2 aromatic rings. The Hall–Kier alpha value is -1.89. The summed E-state index contributed by atoms with van der Waals surface area (Å²) >= 11 is 0. The molecule has 0 saturated carbocycles. The maximum atomic E-state index is 13.1. The topological polar surface area (TPSA) is 43.8 Å². The minimum atomic E-state index is -4.55. The van der Waals surface area contributed by atoms with Crippen LogP contribution in [0.25, 0.3) is 5.69 Å². The van der Waals surface area contributed by atoms with Crippen LogP contribution in [0.15, 0.2) is 30.5 Å². The SMILES string of the molecule is NCCc1cnn(-c2ccc(F)cc2)c1C(F)(F)F. The Bertz CT molecular complexity index is 557. The van der Waals surface area contributed by atoms with E-state index in [-0.39, 0.29) is 24.2 Å². The Balaban J connectivity index is 2.54. The van der Waals surface area contributed by atoms with Crippen LogP contribution >= 0.6 is 0 Å². The lowest BCUT2D eigenvalue weighted by molar-refractivity contribution is -0.143. The van der Waals surface area contributed by atoms with E-state index < -0.39 is 17.7 Å². The van der Waals surface area contributed by atoms with Crippen molar-refractivity contribution in [1.82, 2.24) is 9.78 Å². The molecule has 102 valence electrons.